The second-order valence-electron chi connectivity index (χ2n) is 28.0. The summed E-state index contributed by atoms with van der Waals surface area (Å²) in [6.07, 6.45) is -3.23. The zero-order valence-electron chi connectivity index (χ0n) is 63.9. The van der Waals surface area contributed by atoms with Crippen LogP contribution in [0, 0.1) is 36.9 Å². The second kappa shape index (κ2) is 48.8. The first-order chi connectivity index (χ1) is 55.6. The number of hydrogen-bond donors (Lipinski definition) is 17. The number of carbonyl (C=O) groups is 16. The van der Waals surface area contributed by atoms with E-state index in [0.29, 0.717) is 23.1 Å². The number of carboxylic acids is 3. The van der Waals surface area contributed by atoms with Gasteiger partial charge in [-0.05, 0) is 104 Å². The van der Waals surface area contributed by atoms with E-state index in [0.717, 1.165) is 28.5 Å². The Labute approximate surface area is 719 Å². The van der Waals surface area contributed by atoms with E-state index in [1.807, 2.05) is 5.32 Å². The molecule has 0 radical (unpaired) electrons. The summed E-state index contributed by atoms with van der Waals surface area (Å²) in [6, 6.07) is 6.49. The second-order valence-corrected chi connectivity index (χ2v) is 30.9. The molecule has 40 nitrogen and oxygen atoms in total. The van der Waals surface area contributed by atoms with Crippen molar-refractivity contribution in [3.05, 3.63) is 124 Å². The summed E-state index contributed by atoms with van der Waals surface area (Å²) >= 11 is 6.31. The van der Waals surface area contributed by atoms with Crippen LogP contribution in [0.4, 0.5) is 21.0 Å². The van der Waals surface area contributed by atoms with E-state index >= 15 is 19.2 Å². The third-order valence-electron chi connectivity index (χ3n) is 18.7. The van der Waals surface area contributed by atoms with Gasteiger partial charge in [-0.1, -0.05) is 81.7 Å². The van der Waals surface area contributed by atoms with E-state index in [1.165, 1.54) is 99.6 Å². The Kier molecular flexibility index (Phi) is 40.0. The smallest absolute Gasteiger partial charge is 0.549 e. The maximum atomic E-state index is 15.6. The van der Waals surface area contributed by atoms with Crippen LogP contribution in [-0.2, 0) is 92.8 Å². The van der Waals surface area contributed by atoms with Gasteiger partial charge in [0.1, 0.15) is 60.1 Å². The molecule has 10 atom stereocenters. The molecule has 0 bridgehead atoms. The van der Waals surface area contributed by atoms with Crippen LogP contribution >= 0.6 is 33.2 Å². The number of halogens is 1. The molecule has 0 saturated carbocycles. The Morgan fingerprint density at radius 3 is 1.47 bits per heavy atom. The Balaban J connectivity index is 0.0000216. The first-order valence-electron chi connectivity index (χ1n) is 37.2. The minimum Gasteiger partial charge on any atom is -0.549 e. The fourth-order valence-corrected chi connectivity index (χ4v) is 14.9. The van der Waals surface area contributed by atoms with Crippen molar-refractivity contribution in [2.75, 3.05) is 107 Å². The summed E-state index contributed by atoms with van der Waals surface area (Å²) in [7, 11) is 1.61. The van der Waals surface area contributed by atoms with E-state index in [-0.39, 0.29) is 149 Å². The molecule has 0 aliphatic carbocycles. The van der Waals surface area contributed by atoms with Crippen LogP contribution in [0.1, 0.15) is 54.9 Å². The number of hydrogen-bond acceptors (Lipinski definition) is 28. The Hall–Kier alpha value is -10.0. The topological polar surface area (TPSA) is 618 Å². The monoisotopic (exact) mass is 1860 g/mol. The number of carbonyl (C=O) groups excluding carboxylic acids is 16. The normalized spacial score (nSPS) is 21.1. The number of anilines is 2. The van der Waals surface area contributed by atoms with E-state index in [4.69, 9.17) is 28.8 Å². The molecule has 0 aromatic heterocycles. The molecule has 0 spiro atoms. The molecule has 0 unspecified atom stereocenters. The summed E-state index contributed by atoms with van der Waals surface area (Å²) in [5.74, 6) is -16.4. The van der Waals surface area contributed by atoms with E-state index in [1.54, 1.807) is 17.0 Å². The Bertz CT molecular complexity index is 4140. The molecule has 44 heteroatoms. The van der Waals surface area contributed by atoms with Crippen molar-refractivity contribution in [2.24, 2.45) is 17.2 Å². The molecule has 646 valence electrons. The van der Waals surface area contributed by atoms with Gasteiger partial charge in [0.25, 0.3) is 0 Å². The molecule has 3 aliphatic heterocycles. The van der Waals surface area contributed by atoms with E-state index in [2.05, 4.69) is 58.5 Å². The molecule has 3 saturated heterocycles. The molecule has 15 amide bonds. The van der Waals surface area contributed by atoms with Gasteiger partial charge in [0.05, 0.1) is 37.0 Å². The number of nitrogens with zero attached hydrogens (tertiary/aromatic N) is 4. The summed E-state index contributed by atoms with van der Waals surface area (Å²) in [5.41, 5.74) is 18.8. The summed E-state index contributed by atoms with van der Waals surface area (Å²) in [5, 5.41) is 87.7. The fourth-order valence-electron chi connectivity index (χ4n) is 12.5. The van der Waals surface area contributed by atoms with Crippen molar-refractivity contribution in [2.45, 2.75) is 119 Å². The zero-order valence-corrected chi connectivity index (χ0v) is 67.9. The third kappa shape index (κ3) is 33.8. The van der Waals surface area contributed by atoms with Crippen LogP contribution in [0.3, 0.4) is 0 Å². The molecule has 118 heavy (non-hydrogen) atoms. The first kappa shape index (κ1) is 96.8. The minimum atomic E-state index is -1.90. The Morgan fingerprint density at radius 1 is 0.534 bits per heavy atom. The van der Waals surface area contributed by atoms with Crippen molar-refractivity contribution in [3.63, 3.8) is 0 Å². The van der Waals surface area contributed by atoms with Gasteiger partial charge in [-0.2, -0.15) is 0 Å². The summed E-state index contributed by atoms with van der Waals surface area (Å²) in [4.78, 5) is 225. The number of urea groups is 2. The number of phenols is 1. The van der Waals surface area contributed by atoms with Crippen LogP contribution in [0.2, 0.25) is 5.02 Å². The molecule has 3 aliphatic rings. The van der Waals surface area contributed by atoms with Crippen LogP contribution in [0.5, 0.6) is 5.75 Å². The molecular weight excluding hydrogens is 1770 g/mol. The number of carboxylic acid groups (broad SMARTS) is 3. The molecular formula is C74H95ClLuN19O21S2. The maximum Gasteiger partial charge on any atom is 3.00 e. The molecule has 3 heterocycles. The zero-order chi connectivity index (χ0) is 85.4. The summed E-state index contributed by atoms with van der Waals surface area (Å²) in [6.45, 7) is -1.35. The average Bonchev–Trinajstić information content (AvgIpc) is 0.782. The number of amides is 15. The van der Waals surface area contributed by atoms with E-state index < -0.39 is 212 Å². The van der Waals surface area contributed by atoms with Gasteiger partial charge < -0.3 is 116 Å². The number of primary amides is 2. The molecule has 20 N–H and O–H groups in total. The van der Waals surface area contributed by atoms with Gasteiger partial charge in [-0.15, -0.1) is 0 Å². The third-order valence-corrected chi connectivity index (χ3v) is 21.4. The number of nitrogens with two attached hydrogens (primary N) is 3. The number of unbranched alkanes of at least 4 members (excludes halogenated alkanes) is 1. The number of aliphatic hydroxyl groups is 1. The van der Waals surface area contributed by atoms with Gasteiger partial charge >= 0.3 is 48.9 Å². The van der Waals surface area contributed by atoms with Crippen LogP contribution in [-0.4, -0.2) is 282 Å². The SMILES string of the molecule is C[C@@H](O)[C@@H]1NC(=O)[C@H](CCCCN)NC(=O)[C@@H](Cc2ccc(NC(N)=O)cc2)NC(=O)[C@H](Cc2ccc(NC(=O)[C@@H]3CC(=O)NC(=O)N3)cc2)NC(=O)[C@H](NC(=O)[C@H](Cc2ccc(Cl)cc2)NC(=O)CN2CCN(CC(=O)[O-])CCN(CC(=O)[O-])CCN(CC(=O)[O-])CC2)CSSC[C@@H](C(=O)N[C@H](Cc2ccc(O)cc2)C(N)=O)NC1=O.[Lu+3]. The number of phenolic OH excluding ortho intramolecular Hbond substituents is 1. The molecule has 4 aromatic carbocycles. The number of imide groups is 1. The Morgan fingerprint density at radius 2 is 0.992 bits per heavy atom. The maximum absolute atomic E-state index is 15.6. The quantitative estimate of drug-likeness (QED) is 0.0170. The van der Waals surface area contributed by atoms with Crippen LogP contribution < -0.4 is 96.3 Å². The number of rotatable bonds is 30. The van der Waals surface area contributed by atoms with Crippen molar-refractivity contribution in [1.82, 2.24) is 72.8 Å². The van der Waals surface area contributed by atoms with Gasteiger partial charge in [0.15, 0.2) is 0 Å². The largest absolute Gasteiger partial charge is 3.00 e. The van der Waals surface area contributed by atoms with E-state index in [9.17, 15) is 83.1 Å². The predicted octanol–water partition coefficient (Wildman–Crippen LogP) is -7.92. The van der Waals surface area contributed by atoms with Gasteiger partial charge in [0, 0.05) is 126 Å². The average molecular weight is 1860 g/mol. The van der Waals surface area contributed by atoms with Gasteiger partial charge in [-0.25, -0.2) is 9.59 Å². The number of aromatic hydroxyl groups is 1. The van der Waals surface area contributed by atoms with Crippen molar-refractivity contribution >= 4 is 140 Å². The fraction of sp³-hybridized carbons (Fsp3) is 0.459. The first-order valence-corrected chi connectivity index (χ1v) is 40.0. The van der Waals surface area contributed by atoms with Crippen molar-refractivity contribution in [1.29, 1.82) is 0 Å². The van der Waals surface area contributed by atoms with Crippen molar-refractivity contribution < 1.29 is 139 Å². The number of aliphatic hydroxyl groups excluding tert-OH is 1. The molecule has 7 rings (SSSR count). The summed E-state index contributed by atoms with van der Waals surface area (Å²) < 4.78 is 0. The standard InChI is InChI=1S/C74H98ClN19O21S2.Lu/c1-41(95)63-72(113)87-57(70(111)83-51(64(77)105)30-45-11-19-49(96)20-12-45)40-117-116-39-56(86-67(108)52(31-42-5-13-46(75)14-6-42)81-59(98)35-91-22-24-92(36-60(99)100)26-28-94(38-62(103)104)29-27-93(25-23-91)37-61(101)102)71(112)85-54(33-43-7-15-47(16-8-43)79-66(107)55-34-58(97)89-74(115)88-55)69(110)84-53(32-44-9-17-48(18-10-44)80-73(78)114)68(109)82-50(65(106)90-63)4-2-3-21-76;/h5-20,41,50-57,63,95-96H,2-4,21-40,76H2,1H3,(H2,77,105)(H,79,107)(H,81,98)(H,82,109)(H,83,111)(H,84,110)(H,85,112)(H,86,108)(H,87,113)(H,90,106)(H,99,100)(H,101,102)(H,103,104)(H3,78,80,114)(H2,88,89,97,115);/q;+3/p-3/t41-,50+,51-,52+,53-,54+,55+,56-,57+,63+;/m1./s1. The van der Waals surface area contributed by atoms with Crippen LogP contribution in [0.25, 0.3) is 0 Å². The van der Waals surface area contributed by atoms with Crippen LogP contribution in [0.15, 0.2) is 97.1 Å². The minimum absolute atomic E-state index is 0. The number of nitrogens with one attached hydrogen (secondary N) is 12. The number of benzene rings is 4. The molecule has 4 aromatic rings. The van der Waals surface area contributed by atoms with Gasteiger partial charge in [-0.3, -0.25) is 77.7 Å². The number of aliphatic carboxylic acids is 3. The predicted molar refractivity (Wildman–Crippen MR) is 419 cm³/mol. The van der Waals surface area contributed by atoms with Gasteiger partial charge in [0.2, 0.25) is 65.0 Å². The van der Waals surface area contributed by atoms with Crippen molar-refractivity contribution in [3.8, 4) is 5.75 Å². The molecule has 3 fully saturated rings.